The standard InChI is InChI=1S/C21H26N4O3.C16H28BNO4.C15H21ClN4O2.C14H19ClN4O2.C9H11ClN4.C6H7BO3.C6H11BrO2.C4H3BrClN3.ClH/c1-21(2,3)28-19(27)13-25-10-8-14(9-11-25)16-12-17(23-24-20(16)22)15-6-4-5-7-18(15)26;1-14(2,3)20-13(19)18-10-8-12(9-11-18)17-21-15(4,5)16(6,7)22-17;1-15(2,3)22-13(21)9-20-6-4-10(5-7-20)11-8-12(16)18-19-14(11)17;1-14(2,3)21-13(20)19-6-4-9(5-7-19)10-8-11(15)17-18-12(10)16;10-8-5-7(9(11)14-13-8)6-1-3-12-4-2-6;8-6-4-2-1-3-5(6)7(9)10;1-6(2,3)9-5(8)4-7;5-2-1-3(6)8-9-4(2)7;/h4-8,12,26H,9-11,13H2,1-3H3,(H2,22,24);8H,9-11H2,1-7H3;4,8H,5-7,9H2,1-3H3,(H2,17,19);4,8H,5-7H2,1-3H3,(H2,16,18);1,5,12H,2-4H2,(H2,11,14);1-4,8-10H;4H2,1-3H3;1H,(H2,7,9);1H. The number of nitrogen functional groups attached to an aromatic ring is 5. The number of nitrogens with one attached hydrogen (secondary N) is 1. The fourth-order valence-electron chi connectivity index (χ4n) is 12.8. The lowest BCUT2D eigenvalue weighted by molar-refractivity contribution is -0.157. The Balaban J connectivity index is 0.000000282. The van der Waals surface area contributed by atoms with Crippen molar-refractivity contribution < 1.29 is 77.2 Å². The maximum absolute atomic E-state index is 12.1. The van der Waals surface area contributed by atoms with Crippen molar-refractivity contribution in [3.05, 3.63) is 162 Å². The third-order valence-corrected chi connectivity index (χ3v) is 21.6. The third kappa shape index (κ3) is 40.8. The van der Waals surface area contributed by atoms with Gasteiger partial charge in [0.1, 0.15) is 44.8 Å². The molecule has 0 saturated carbocycles. The summed E-state index contributed by atoms with van der Waals surface area (Å²) >= 11 is 29.1. The van der Waals surface area contributed by atoms with Crippen LogP contribution < -0.4 is 39.4 Å². The number of rotatable bonds is 12. The van der Waals surface area contributed by atoms with Gasteiger partial charge >= 0.3 is 44.3 Å². The first-order valence-corrected chi connectivity index (χ1v) is 46.7. The van der Waals surface area contributed by atoms with Crippen LogP contribution in [0, 0.1) is 0 Å². The number of anilines is 5. The maximum Gasteiger partial charge on any atom is 0.492 e. The molecule has 11 heterocycles. The number of amides is 2. The highest BCUT2D eigenvalue weighted by atomic mass is 79.9. The van der Waals surface area contributed by atoms with Crippen LogP contribution >= 0.6 is 90.7 Å². The number of phenols is 2. The van der Waals surface area contributed by atoms with Crippen LogP contribution in [0.1, 0.15) is 186 Å². The van der Waals surface area contributed by atoms with Gasteiger partial charge in [0.05, 0.1) is 34.5 Å². The topological polar surface area (TPSA) is 515 Å². The van der Waals surface area contributed by atoms with Gasteiger partial charge in [-0.3, -0.25) is 24.2 Å². The van der Waals surface area contributed by atoms with Crippen molar-refractivity contribution in [3.63, 3.8) is 0 Å². The number of aromatic hydroxyl groups is 2. The van der Waals surface area contributed by atoms with E-state index in [-0.39, 0.29) is 102 Å². The lowest BCUT2D eigenvalue weighted by Gasteiger charge is -2.32. The number of para-hydroxylation sites is 2. The van der Waals surface area contributed by atoms with Gasteiger partial charge in [0.2, 0.25) is 0 Å². The Labute approximate surface area is 839 Å². The number of ether oxygens (including phenoxy) is 5. The summed E-state index contributed by atoms with van der Waals surface area (Å²) in [4.78, 5) is 65.9. The SMILES string of the molecule is CC(C)(C)OC(=O)CBr.CC(C)(C)OC(=O)CN1CC=C(c2cc(-c3ccccc3O)nnc2N)CC1.CC(C)(C)OC(=O)CN1CC=C(c2cc(Cl)nnc2N)CC1.CC(C)(C)OC(=O)N1CC=C(B2OC(C)(C)C(C)(C)O2)CC1.CC(C)(C)OC(=O)N1CC=C(c2cc(Cl)nnc2N)CC1.Cl.Nc1nnc(Cl)cc1Br.Nc1nnc(Cl)cc1C1=CCNCC1.OB(O)c1ccccc1O. The van der Waals surface area contributed by atoms with Crippen molar-refractivity contribution in [2.75, 3.05) is 113 Å². The molecule has 13 rings (SSSR count). The van der Waals surface area contributed by atoms with Crippen LogP contribution in [-0.2, 0) is 47.4 Å². The minimum atomic E-state index is -1.60. The van der Waals surface area contributed by atoms with Gasteiger partial charge in [0, 0.05) is 92.2 Å². The molecule has 6 aliphatic heterocycles. The van der Waals surface area contributed by atoms with Gasteiger partial charge in [-0.05, 0) is 262 Å². The number of alkyl halides is 1. The summed E-state index contributed by atoms with van der Waals surface area (Å²) in [6.07, 6.45) is 13.5. The molecule has 0 unspecified atom stereocenters. The Morgan fingerprint density at radius 3 is 1.15 bits per heavy atom. The number of phenolic OH excluding ortho intramolecular Hbond substituents is 2. The van der Waals surface area contributed by atoms with Gasteiger partial charge in [0.15, 0.2) is 49.7 Å². The monoisotopic (exact) mass is 2110 g/mol. The van der Waals surface area contributed by atoms with E-state index in [1.807, 2.05) is 172 Å². The average Bonchev–Trinajstić information content (AvgIpc) is 1.61. The largest absolute Gasteiger partial charge is 0.508 e. The van der Waals surface area contributed by atoms with Gasteiger partial charge in [-0.15, -0.1) is 63.4 Å². The summed E-state index contributed by atoms with van der Waals surface area (Å²) in [5, 5.41) is 78.8. The molecule has 7 aromatic rings. The zero-order valence-electron chi connectivity index (χ0n) is 80.3. The van der Waals surface area contributed by atoms with Crippen LogP contribution in [-0.4, -0.2) is 258 Å². The number of hydrogen-bond donors (Lipinski definition) is 10. The van der Waals surface area contributed by atoms with E-state index in [9.17, 15) is 29.1 Å². The van der Waals surface area contributed by atoms with Crippen LogP contribution in [0.15, 0.2) is 119 Å². The zero-order chi connectivity index (χ0) is 101. The van der Waals surface area contributed by atoms with Gasteiger partial charge in [-0.1, -0.05) is 123 Å². The lowest BCUT2D eigenvalue weighted by Crippen LogP contribution is -2.41. The minimum Gasteiger partial charge on any atom is -0.508 e. The zero-order valence-corrected chi connectivity index (χ0v) is 87.3. The van der Waals surface area contributed by atoms with E-state index < -0.39 is 29.5 Å². The summed E-state index contributed by atoms with van der Waals surface area (Å²) in [5.74, 6) is 1.25. The van der Waals surface area contributed by atoms with Crippen LogP contribution in [0.3, 0.4) is 0 Å². The van der Waals surface area contributed by atoms with E-state index in [1.54, 1.807) is 64.4 Å². The van der Waals surface area contributed by atoms with Crippen LogP contribution in [0.4, 0.5) is 38.7 Å². The van der Waals surface area contributed by atoms with Crippen LogP contribution in [0.5, 0.6) is 11.5 Å². The fraction of sp³-hybridized carbons (Fsp3) is 0.484. The average molecular weight is 2120 g/mol. The number of benzene rings is 2. The van der Waals surface area contributed by atoms with Gasteiger partial charge in [0.25, 0.3) is 0 Å². The Morgan fingerprint density at radius 2 is 0.816 bits per heavy atom. The van der Waals surface area contributed by atoms with Crippen molar-refractivity contribution in [2.24, 2.45) is 0 Å². The van der Waals surface area contributed by atoms with Crippen molar-refractivity contribution in [3.8, 4) is 22.8 Å². The number of aromatic nitrogens is 10. The van der Waals surface area contributed by atoms with E-state index in [1.165, 1.54) is 17.7 Å². The van der Waals surface area contributed by atoms with Crippen LogP contribution in [0.25, 0.3) is 33.5 Å². The fourth-order valence-corrected chi connectivity index (χ4v) is 13.9. The van der Waals surface area contributed by atoms with Crippen molar-refractivity contribution in [1.82, 2.24) is 75.9 Å². The second kappa shape index (κ2) is 52.9. The van der Waals surface area contributed by atoms with Gasteiger partial charge in [-0.2, -0.15) is 0 Å². The Bertz CT molecular complexity index is 5350. The van der Waals surface area contributed by atoms with E-state index >= 15 is 0 Å². The number of hydrogen-bond acceptors (Lipinski definition) is 34. The summed E-state index contributed by atoms with van der Waals surface area (Å²) in [7, 11) is -1.91. The minimum absolute atomic E-state index is 0. The molecular formula is C91H127B2Br2Cl5N20O16. The van der Waals surface area contributed by atoms with E-state index in [2.05, 4.69) is 100 Å². The first kappa shape index (κ1) is 117. The quantitative estimate of drug-likeness (QED) is 0.0235. The predicted octanol–water partition coefficient (Wildman–Crippen LogP) is 14.7. The summed E-state index contributed by atoms with van der Waals surface area (Å²) in [6.45, 7) is 43.4. The summed E-state index contributed by atoms with van der Waals surface area (Å²) < 4.78 is 39.1. The van der Waals surface area contributed by atoms with E-state index in [0.29, 0.717) is 111 Å². The number of nitrogens with zero attached hydrogens (tertiary/aromatic N) is 14. The highest BCUT2D eigenvalue weighted by molar-refractivity contribution is 9.10. The molecule has 1 fully saturated rings. The second-order valence-electron chi connectivity index (χ2n) is 37.2. The Morgan fingerprint density at radius 1 is 0.456 bits per heavy atom. The summed E-state index contributed by atoms with van der Waals surface area (Å²) in [6, 6.07) is 21.7. The first-order chi connectivity index (χ1) is 62.8. The summed E-state index contributed by atoms with van der Waals surface area (Å²) in [5.41, 5.74) is 35.9. The van der Waals surface area contributed by atoms with Crippen molar-refractivity contribution in [2.45, 2.75) is 203 Å². The van der Waals surface area contributed by atoms with E-state index in [0.717, 1.165) is 96.3 Å². The molecule has 0 radical (unpaired) electrons. The first-order valence-electron chi connectivity index (χ1n) is 43.3. The van der Waals surface area contributed by atoms with Crippen molar-refractivity contribution >= 4 is 192 Å². The highest BCUT2D eigenvalue weighted by Crippen LogP contribution is 2.41. The molecular weight excluding hydrogens is 1990 g/mol. The molecule has 742 valence electrons. The molecule has 2 amide bonds. The highest BCUT2D eigenvalue weighted by Gasteiger charge is 2.52. The lowest BCUT2D eigenvalue weighted by atomic mass is 9.75. The predicted molar refractivity (Wildman–Crippen MR) is 544 cm³/mol. The molecule has 45 heteroatoms. The van der Waals surface area contributed by atoms with Gasteiger partial charge in [-0.25, -0.2) is 9.59 Å². The molecule has 0 aliphatic carbocycles. The molecule has 136 heavy (non-hydrogen) atoms. The smallest absolute Gasteiger partial charge is 0.492 e. The molecule has 5 aromatic heterocycles. The third-order valence-electron chi connectivity index (χ3n) is 19.8. The number of carbonyl (C=O) groups is 5. The molecule has 0 bridgehead atoms. The molecule has 2 aromatic carbocycles. The maximum atomic E-state index is 12.1. The molecule has 0 spiro atoms. The number of esters is 3. The Hall–Kier alpha value is -9.65. The molecule has 36 nitrogen and oxygen atoms in total. The normalized spacial score (nSPS) is 15.8. The molecule has 6 aliphatic rings. The second-order valence-corrected chi connectivity index (χ2v) is 40.2. The molecule has 1 saturated heterocycles. The number of carbonyl (C=O) groups excluding carboxylic acids is 5. The number of halogens is 7. The molecule has 0 atom stereocenters. The van der Waals surface area contributed by atoms with Gasteiger partial charge < -0.3 is 97.0 Å². The molecule has 15 N–H and O–H groups in total. The van der Waals surface area contributed by atoms with Crippen LogP contribution in [0.2, 0.25) is 20.6 Å². The van der Waals surface area contributed by atoms with E-state index in [4.69, 9.17) is 123 Å². The Kier molecular flexibility index (Phi) is 45.5. The number of nitrogens with two attached hydrogens (primary N) is 5. The van der Waals surface area contributed by atoms with Crippen molar-refractivity contribution in [1.29, 1.82) is 0 Å².